The largest absolute Gasteiger partial charge is 0.299 e. The quantitative estimate of drug-likeness (QED) is 0.645. The Kier molecular flexibility index (Phi) is 3.66. The molecule has 1 heterocycles. The van der Waals surface area contributed by atoms with Crippen molar-refractivity contribution in [1.29, 1.82) is 0 Å². The molecule has 0 amide bonds. The first-order chi connectivity index (χ1) is 6.21. The molecule has 0 saturated carbocycles. The summed E-state index contributed by atoms with van der Waals surface area (Å²) in [5, 5.41) is 0. The first-order valence-electron chi connectivity index (χ1n) is 3.61. The van der Waals surface area contributed by atoms with Gasteiger partial charge in [-0.15, -0.1) is 0 Å². The zero-order valence-corrected chi connectivity index (χ0v) is 10.1. The fraction of sp³-hybridized carbons (Fsp3) is 1.00. The third kappa shape index (κ3) is 3.21. The molecule has 1 fully saturated rings. The van der Waals surface area contributed by atoms with Crippen LogP contribution in [-0.2, 0) is 18.5 Å². The fourth-order valence-electron chi connectivity index (χ4n) is 1.11. The second kappa shape index (κ2) is 4.11. The third-order valence-corrected chi connectivity index (χ3v) is 4.95. The van der Waals surface area contributed by atoms with E-state index in [9.17, 15) is 16.8 Å². The van der Waals surface area contributed by atoms with E-state index in [4.69, 9.17) is 21.4 Å². The molecule has 0 atom stereocenters. The van der Waals surface area contributed by atoms with Gasteiger partial charge in [-0.2, -0.15) is 25.4 Å². The van der Waals surface area contributed by atoms with Crippen molar-refractivity contribution in [3.05, 3.63) is 0 Å². The lowest BCUT2D eigenvalue weighted by Crippen LogP contribution is -2.48. The monoisotopic (exact) mass is 282 g/mol. The van der Waals surface area contributed by atoms with Gasteiger partial charge in [0.25, 0.3) is 18.5 Å². The van der Waals surface area contributed by atoms with Crippen molar-refractivity contribution in [2.24, 2.45) is 0 Å². The van der Waals surface area contributed by atoms with E-state index in [0.717, 1.165) is 8.61 Å². The highest BCUT2D eigenvalue weighted by Gasteiger charge is 2.29. The Morgan fingerprint density at radius 3 is 1.07 bits per heavy atom. The Morgan fingerprint density at radius 1 is 0.714 bits per heavy atom. The maximum atomic E-state index is 10.8. The highest BCUT2D eigenvalue weighted by Crippen LogP contribution is 2.14. The smallest absolute Gasteiger partial charge is 0.195 e. The van der Waals surface area contributed by atoms with Crippen LogP contribution in [0.15, 0.2) is 0 Å². The highest BCUT2D eigenvalue weighted by atomic mass is 35.7. The molecule has 0 spiro atoms. The molecule has 84 valence electrons. The van der Waals surface area contributed by atoms with E-state index in [1.165, 1.54) is 0 Å². The van der Waals surface area contributed by atoms with Gasteiger partial charge in [-0.05, 0) is 0 Å². The molecule has 14 heavy (non-hydrogen) atoms. The Bertz CT molecular complexity index is 357. The van der Waals surface area contributed by atoms with E-state index < -0.39 is 18.5 Å². The van der Waals surface area contributed by atoms with Crippen LogP contribution in [0.3, 0.4) is 0 Å². The van der Waals surface area contributed by atoms with Crippen molar-refractivity contribution in [2.75, 3.05) is 26.2 Å². The van der Waals surface area contributed by atoms with Crippen molar-refractivity contribution < 1.29 is 16.8 Å². The molecule has 1 aliphatic rings. The summed E-state index contributed by atoms with van der Waals surface area (Å²) in [6, 6.07) is 0. The van der Waals surface area contributed by atoms with Gasteiger partial charge < -0.3 is 0 Å². The molecular weight excluding hydrogens is 275 g/mol. The van der Waals surface area contributed by atoms with Crippen LogP contribution in [-0.4, -0.2) is 51.6 Å². The summed E-state index contributed by atoms with van der Waals surface area (Å²) in [5.74, 6) is 0. The normalized spacial score (nSPS) is 22.4. The van der Waals surface area contributed by atoms with Gasteiger partial charge in [0, 0.05) is 47.5 Å². The van der Waals surface area contributed by atoms with Crippen LogP contribution in [0.1, 0.15) is 0 Å². The average Bonchev–Trinajstić information content (AvgIpc) is 2.01. The van der Waals surface area contributed by atoms with Crippen LogP contribution in [0.25, 0.3) is 0 Å². The SMILES string of the molecule is O=S(=O)(Cl)N1CCN(S(=O)(=O)Cl)CC1. The van der Waals surface area contributed by atoms with Gasteiger partial charge in [0.05, 0.1) is 0 Å². The maximum absolute atomic E-state index is 10.8. The summed E-state index contributed by atoms with van der Waals surface area (Å²) < 4.78 is 45.3. The minimum atomic E-state index is -3.75. The van der Waals surface area contributed by atoms with Gasteiger partial charge in [-0.25, -0.2) is 0 Å². The predicted molar refractivity (Wildman–Crippen MR) is 52.7 cm³/mol. The zero-order valence-electron chi connectivity index (χ0n) is 6.93. The van der Waals surface area contributed by atoms with Crippen LogP contribution in [0.4, 0.5) is 0 Å². The van der Waals surface area contributed by atoms with E-state index in [-0.39, 0.29) is 26.2 Å². The summed E-state index contributed by atoms with van der Waals surface area (Å²) in [6.07, 6.45) is 0. The standard InChI is InChI=1S/C4H8Cl2N2O4S2/c5-13(9,10)7-1-2-8(4-3-7)14(6,11)12/h1-4H2. The fourth-order valence-corrected chi connectivity index (χ4v) is 3.13. The van der Waals surface area contributed by atoms with Gasteiger partial charge in [0.2, 0.25) is 0 Å². The summed E-state index contributed by atoms with van der Waals surface area (Å²) in [5.41, 5.74) is 0. The van der Waals surface area contributed by atoms with E-state index in [1.807, 2.05) is 0 Å². The van der Waals surface area contributed by atoms with Crippen LogP contribution in [0.2, 0.25) is 0 Å². The Labute approximate surface area is 91.5 Å². The molecule has 10 heteroatoms. The van der Waals surface area contributed by atoms with Gasteiger partial charge in [0.15, 0.2) is 0 Å². The lowest BCUT2D eigenvalue weighted by Gasteiger charge is -2.29. The lowest BCUT2D eigenvalue weighted by atomic mass is 10.4. The van der Waals surface area contributed by atoms with E-state index in [1.54, 1.807) is 0 Å². The van der Waals surface area contributed by atoms with Gasteiger partial charge in [-0.3, -0.25) is 0 Å². The first kappa shape index (κ1) is 12.5. The van der Waals surface area contributed by atoms with Crippen molar-refractivity contribution in [3.63, 3.8) is 0 Å². The van der Waals surface area contributed by atoms with Crippen LogP contribution in [0, 0.1) is 0 Å². The molecule has 0 aromatic rings. The number of hydrogen-bond acceptors (Lipinski definition) is 4. The summed E-state index contributed by atoms with van der Waals surface area (Å²) in [6.45, 7) is 0.102. The molecule has 0 aliphatic carbocycles. The van der Waals surface area contributed by atoms with Gasteiger partial charge in [-0.1, -0.05) is 0 Å². The molecule has 6 nitrogen and oxygen atoms in total. The number of nitrogens with zero attached hydrogens (tertiary/aromatic N) is 2. The summed E-state index contributed by atoms with van der Waals surface area (Å²) in [4.78, 5) is 0. The molecule has 0 bridgehead atoms. The molecular formula is C4H8Cl2N2O4S2. The Balaban J connectivity index is 2.65. The van der Waals surface area contributed by atoms with E-state index in [0.29, 0.717) is 0 Å². The highest BCUT2D eigenvalue weighted by molar-refractivity contribution is 8.12. The van der Waals surface area contributed by atoms with E-state index >= 15 is 0 Å². The molecule has 0 aromatic carbocycles. The van der Waals surface area contributed by atoms with Gasteiger partial charge >= 0.3 is 0 Å². The van der Waals surface area contributed by atoms with Crippen LogP contribution >= 0.6 is 21.4 Å². The van der Waals surface area contributed by atoms with Gasteiger partial charge in [0.1, 0.15) is 0 Å². The Hall–Kier alpha value is 0.400. The second-order valence-corrected chi connectivity index (χ2v) is 7.70. The molecule has 1 rings (SSSR count). The number of halogens is 2. The lowest BCUT2D eigenvalue weighted by molar-refractivity contribution is 0.280. The van der Waals surface area contributed by atoms with Crippen molar-refractivity contribution in [1.82, 2.24) is 8.61 Å². The van der Waals surface area contributed by atoms with Crippen molar-refractivity contribution in [2.45, 2.75) is 0 Å². The average molecular weight is 283 g/mol. The zero-order chi connectivity index (χ0) is 11.0. The maximum Gasteiger partial charge on any atom is 0.299 e. The molecule has 1 saturated heterocycles. The summed E-state index contributed by atoms with van der Waals surface area (Å²) >= 11 is 0. The summed E-state index contributed by atoms with van der Waals surface area (Å²) in [7, 11) is 2.63. The van der Waals surface area contributed by atoms with Crippen LogP contribution in [0.5, 0.6) is 0 Å². The van der Waals surface area contributed by atoms with Crippen molar-refractivity contribution in [3.8, 4) is 0 Å². The molecule has 0 unspecified atom stereocenters. The minimum Gasteiger partial charge on any atom is -0.195 e. The number of piperazine rings is 1. The van der Waals surface area contributed by atoms with E-state index in [2.05, 4.69) is 0 Å². The third-order valence-electron chi connectivity index (χ3n) is 1.81. The number of hydrogen-bond donors (Lipinski definition) is 0. The number of rotatable bonds is 2. The topological polar surface area (TPSA) is 74.8 Å². The molecule has 0 N–H and O–H groups in total. The molecule has 0 radical (unpaired) electrons. The predicted octanol–water partition coefficient (Wildman–Crippen LogP) is -0.429. The minimum absolute atomic E-state index is 0.0256. The first-order valence-corrected chi connectivity index (χ1v) is 8.14. The molecule has 0 aromatic heterocycles. The van der Waals surface area contributed by atoms with Crippen LogP contribution < -0.4 is 0 Å². The Morgan fingerprint density at radius 2 is 0.929 bits per heavy atom. The second-order valence-electron chi connectivity index (χ2n) is 2.68. The van der Waals surface area contributed by atoms with Crippen molar-refractivity contribution >= 4 is 39.8 Å². The molecule has 1 aliphatic heterocycles.